The quantitative estimate of drug-likeness (QED) is 0.616. The van der Waals surface area contributed by atoms with Gasteiger partial charge in [-0.1, -0.05) is 37.8 Å². The highest BCUT2D eigenvalue weighted by Gasteiger charge is 2.28. The Hall–Kier alpha value is -1.44. The van der Waals surface area contributed by atoms with E-state index < -0.39 is 10.0 Å². The maximum Gasteiger partial charge on any atom is 0.313 e. The summed E-state index contributed by atoms with van der Waals surface area (Å²) in [5.74, 6) is -0.00821. The van der Waals surface area contributed by atoms with Crippen molar-refractivity contribution in [2.75, 3.05) is 33.8 Å². The Morgan fingerprint density at radius 3 is 2.41 bits per heavy atom. The Balaban J connectivity index is 2.11. The van der Waals surface area contributed by atoms with Crippen LogP contribution in [0.4, 0.5) is 0 Å². The van der Waals surface area contributed by atoms with Gasteiger partial charge >= 0.3 is 5.97 Å². The maximum absolute atomic E-state index is 12.5. The van der Waals surface area contributed by atoms with Gasteiger partial charge in [0, 0.05) is 13.1 Å². The fraction of sp³-hybridized carbons (Fsp3) is 0.650. The van der Waals surface area contributed by atoms with Gasteiger partial charge in [-0.15, -0.1) is 0 Å². The molecule has 7 heteroatoms. The predicted molar refractivity (Wildman–Crippen MR) is 106 cm³/mol. The number of esters is 1. The Kier molecular flexibility index (Phi) is 8.26. The third kappa shape index (κ3) is 6.59. The zero-order valence-electron chi connectivity index (χ0n) is 16.6. The van der Waals surface area contributed by atoms with E-state index in [2.05, 4.69) is 4.72 Å². The molecule has 0 aliphatic heterocycles. The predicted octanol–water partition coefficient (Wildman–Crippen LogP) is 2.75. The van der Waals surface area contributed by atoms with E-state index in [1.54, 1.807) is 31.2 Å². The van der Waals surface area contributed by atoms with Crippen LogP contribution in [0.1, 0.15) is 50.5 Å². The van der Waals surface area contributed by atoms with Crippen molar-refractivity contribution in [2.45, 2.75) is 49.8 Å². The van der Waals surface area contributed by atoms with Crippen LogP contribution in [0.5, 0.6) is 0 Å². The minimum atomic E-state index is -3.54. The largest absolute Gasteiger partial charge is 0.466 e. The van der Waals surface area contributed by atoms with Gasteiger partial charge in [0.1, 0.15) is 0 Å². The molecule has 2 rings (SSSR count). The summed E-state index contributed by atoms with van der Waals surface area (Å²) in [6.07, 6.45) is 5.51. The van der Waals surface area contributed by atoms with Crippen LogP contribution in [0, 0.1) is 5.92 Å². The highest BCUT2D eigenvalue weighted by Crippen LogP contribution is 2.35. The van der Waals surface area contributed by atoms with Crippen LogP contribution in [0.2, 0.25) is 0 Å². The number of sulfonamides is 1. The first-order valence-electron chi connectivity index (χ1n) is 9.74. The second-order valence-electron chi connectivity index (χ2n) is 7.46. The van der Waals surface area contributed by atoms with Crippen molar-refractivity contribution in [1.82, 2.24) is 9.62 Å². The molecule has 1 unspecified atom stereocenters. The third-order valence-electron chi connectivity index (χ3n) is 5.06. The van der Waals surface area contributed by atoms with Crippen LogP contribution in [0.3, 0.4) is 0 Å². The van der Waals surface area contributed by atoms with Gasteiger partial charge in [-0.25, -0.2) is 13.1 Å². The van der Waals surface area contributed by atoms with Crippen LogP contribution in [0.15, 0.2) is 29.2 Å². The lowest BCUT2D eigenvalue weighted by atomic mass is 9.88. The topological polar surface area (TPSA) is 75.7 Å². The standard InChI is InChI=1S/C20H32N2O4S/c1-4-26-20(23)19(15-16-7-5-6-8-16)17-9-11-18(12-10-17)27(24,25)21-13-14-22(2)3/h9-12,16,19,21H,4-8,13-15H2,1-3H3. The Bertz CT molecular complexity index is 695. The number of ether oxygens (including phenoxy) is 1. The minimum Gasteiger partial charge on any atom is -0.466 e. The molecule has 0 saturated heterocycles. The molecule has 1 N–H and O–H groups in total. The lowest BCUT2D eigenvalue weighted by Gasteiger charge is -2.20. The van der Waals surface area contributed by atoms with Crippen LogP contribution in [0.25, 0.3) is 0 Å². The summed E-state index contributed by atoms with van der Waals surface area (Å²) in [5, 5.41) is 0. The van der Waals surface area contributed by atoms with Gasteiger partial charge < -0.3 is 9.64 Å². The van der Waals surface area contributed by atoms with Crippen molar-refractivity contribution in [3.63, 3.8) is 0 Å². The summed E-state index contributed by atoms with van der Waals surface area (Å²) in [4.78, 5) is 14.6. The van der Waals surface area contributed by atoms with Gasteiger partial charge in [0.05, 0.1) is 17.4 Å². The molecule has 1 aromatic carbocycles. The van der Waals surface area contributed by atoms with Crippen LogP contribution in [-0.4, -0.2) is 53.1 Å². The van der Waals surface area contributed by atoms with E-state index >= 15 is 0 Å². The second-order valence-corrected chi connectivity index (χ2v) is 9.23. The Morgan fingerprint density at radius 1 is 1.22 bits per heavy atom. The molecule has 0 spiro atoms. The van der Waals surface area contributed by atoms with Crippen molar-refractivity contribution in [3.8, 4) is 0 Å². The number of carbonyl (C=O) groups excluding carboxylic acids is 1. The number of carbonyl (C=O) groups is 1. The first kappa shape index (κ1) is 21.9. The van der Waals surface area contributed by atoms with E-state index in [1.165, 1.54) is 12.8 Å². The summed E-state index contributed by atoms with van der Waals surface area (Å²) in [6.45, 7) is 3.13. The molecule has 6 nitrogen and oxygen atoms in total. The Labute approximate surface area is 163 Å². The highest BCUT2D eigenvalue weighted by molar-refractivity contribution is 7.89. The van der Waals surface area contributed by atoms with E-state index in [1.807, 2.05) is 19.0 Å². The molecule has 0 radical (unpaired) electrons. The number of rotatable bonds is 10. The van der Waals surface area contributed by atoms with Gasteiger partial charge in [-0.3, -0.25) is 4.79 Å². The lowest BCUT2D eigenvalue weighted by molar-refractivity contribution is -0.145. The summed E-state index contributed by atoms with van der Waals surface area (Å²) < 4.78 is 32.6. The molecule has 1 aliphatic rings. The van der Waals surface area contributed by atoms with Gasteiger partial charge in [0.2, 0.25) is 10.0 Å². The first-order chi connectivity index (χ1) is 12.8. The van der Waals surface area contributed by atoms with Crippen molar-refractivity contribution in [3.05, 3.63) is 29.8 Å². The van der Waals surface area contributed by atoms with Gasteiger partial charge in [0.25, 0.3) is 0 Å². The van der Waals surface area contributed by atoms with E-state index in [-0.39, 0.29) is 16.8 Å². The lowest BCUT2D eigenvalue weighted by Crippen LogP contribution is -2.31. The molecular weight excluding hydrogens is 364 g/mol. The smallest absolute Gasteiger partial charge is 0.313 e. The molecule has 1 fully saturated rings. The molecule has 0 bridgehead atoms. The molecule has 152 valence electrons. The number of hydrogen-bond donors (Lipinski definition) is 1. The van der Waals surface area contributed by atoms with Crippen LogP contribution < -0.4 is 4.72 Å². The fourth-order valence-electron chi connectivity index (χ4n) is 3.56. The number of nitrogens with zero attached hydrogens (tertiary/aromatic N) is 1. The SMILES string of the molecule is CCOC(=O)C(CC1CCCC1)c1ccc(S(=O)(=O)NCCN(C)C)cc1. The summed E-state index contributed by atoms with van der Waals surface area (Å²) >= 11 is 0. The minimum absolute atomic E-state index is 0.216. The third-order valence-corrected chi connectivity index (χ3v) is 6.54. The number of benzene rings is 1. The molecule has 0 heterocycles. The number of nitrogens with one attached hydrogen (secondary N) is 1. The van der Waals surface area contributed by atoms with Gasteiger partial charge in [-0.05, 0) is 51.1 Å². The average Bonchev–Trinajstić information content (AvgIpc) is 3.13. The average molecular weight is 397 g/mol. The molecule has 1 aromatic rings. The van der Waals surface area contributed by atoms with Crippen LogP contribution >= 0.6 is 0 Å². The molecule has 0 amide bonds. The normalized spacial score (nSPS) is 16.6. The van der Waals surface area contributed by atoms with Gasteiger partial charge in [0.15, 0.2) is 0 Å². The molecule has 27 heavy (non-hydrogen) atoms. The number of hydrogen-bond acceptors (Lipinski definition) is 5. The van der Waals surface area contributed by atoms with Crippen molar-refractivity contribution >= 4 is 16.0 Å². The fourth-order valence-corrected chi connectivity index (χ4v) is 4.58. The monoisotopic (exact) mass is 396 g/mol. The zero-order chi connectivity index (χ0) is 19.9. The van der Waals surface area contributed by atoms with Gasteiger partial charge in [-0.2, -0.15) is 0 Å². The summed E-state index contributed by atoms with van der Waals surface area (Å²) in [5.41, 5.74) is 0.826. The molecule has 0 aromatic heterocycles. The van der Waals surface area contributed by atoms with Crippen molar-refractivity contribution < 1.29 is 17.9 Å². The van der Waals surface area contributed by atoms with Crippen molar-refractivity contribution in [2.24, 2.45) is 5.92 Å². The number of likely N-dealkylation sites (N-methyl/N-ethyl adjacent to an activating group) is 1. The van der Waals surface area contributed by atoms with Crippen LogP contribution in [-0.2, 0) is 19.6 Å². The van der Waals surface area contributed by atoms with E-state index in [9.17, 15) is 13.2 Å². The molecular formula is C20H32N2O4S. The first-order valence-corrected chi connectivity index (χ1v) is 11.2. The van der Waals surface area contributed by atoms with Crippen molar-refractivity contribution in [1.29, 1.82) is 0 Å². The zero-order valence-corrected chi connectivity index (χ0v) is 17.4. The summed E-state index contributed by atoms with van der Waals surface area (Å²) in [6, 6.07) is 6.65. The Morgan fingerprint density at radius 2 is 1.85 bits per heavy atom. The molecule has 1 atom stereocenters. The van der Waals surface area contributed by atoms with E-state index in [0.717, 1.165) is 24.8 Å². The maximum atomic E-state index is 12.5. The molecule has 1 saturated carbocycles. The highest BCUT2D eigenvalue weighted by atomic mass is 32.2. The second kappa shape index (κ2) is 10.2. The molecule has 1 aliphatic carbocycles. The van der Waals surface area contributed by atoms with E-state index in [4.69, 9.17) is 4.74 Å². The summed E-state index contributed by atoms with van der Waals surface area (Å²) in [7, 11) is 0.240. The van der Waals surface area contributed by atoms with E-state index in [0.29, 0.717) is 25.6 Å².